The molecule has 0 saturated heterocycles. The third-order valence-electron chi connectivity index (χ3n) is 2.71. The zero-order valence-electron chi connectivity index (χ0n) is 11.0. The number of aliphatic hydroxyl groups is 1. The average molecular weight is 282 g/mol. The Morgan fingerprint density at radius 2 is 2.11 bits per heavy atom. The van der Waals surface area contributed by atoms with Crippen LogP contribution in [0.2, 0.25) is 0 Å². The molecular formula is C13H18N2O3S. The summed E-state index contributed by atoms with van der Waals surface area (Å²) in [6.45, 7) is 3.44. The summed E-state index contributed by atoms with van der Waals surface area (Å²) in [5.74, 6) is -0.0566. The van der Waals surface area contributed by atoms with Crippen LogP contribution in [0.15, 0.2) is 12.1 Å². The van der Waals surface area contributed by atoms with Crippen LogP contribution in [-0.4, -0.2) is 29.1 Å². The summed E-state index contributed by atoms with van der Waals surface area (Å²) >= 11 is 1.24. The van der Waals surface area contributed by atoms with Crippen LogP contribution in [-0.2, 0) is 4.79 Å². The Labute approximate surface area is 116 Å². The van der Waals surface area contributed by atoms with E-state index in [-0.39, 0.29) is 24.3 Å². The van der Waals surface area contributed by atoms with E-state index in [2.05, 4.69) is 10.6 Å². The fraction of sp³-hybridized carbons (Fsp3) is 0.538. The quantitative estimate of drug-likeness (QED) is 0.767. The van der Waals surface area contributed by atoms with E-state index in [4.69, 9.17) is 0 Å². The average Bonchev–Trinajstić information content (AvgIpc) is 3.06. The zero-order chi connectivity index (χ0) is 14.0. The second kappa shape index (κ2) is 5.30. The SMILES string of the molecule is CC(C)(O)CNC(=O)c1ccc(NC(=O)C2CC2)s1. The second-order valence-corrected chi connectivity index (χ2v) is 6.51. The molecule has 0 unspecified atom stereocenters. The van der Waals surface area contributed by atoms with Crippen molar-refractivity contribution in [3.63, 3.8) is 0 Å². The lowest BCUT2D eigenvalue weighted by Crippen LogP contribution is -2.37. The summed E-state index contributed by atoms with van der Waals surface area (Å²) in [6.07, 6.45) is 1.91. The van der Waals surface area contributed by atoms with Crippen molar-refractivity contribution in [2.75, 3.05) is 11.9 Å². The molecular weight excluding hydrogens is 264 g/mol. The third-order valence-corrected chi connectivity index (χ3v) is 3.71. The summed E-state index contributed by atoms with van der Waals surface area (Å²) < 4.78 is 0. The van der Waals surface area contributed by atoms with Crippen molar-refractivity contribution in [1.82, 2.24) is 5.32 Å². The Bertz CT molecular complexity index is 486. The molecule has 0 aliphatic heterocycles. The first-order valence-corrected chi connectivity index (χ1v) is 7.08. The van der Waals surface area contributed by atoms with Gasteiger partial charge in [-0.1, -0.05) is 0 Å². The maximum absolute atomic E-state index is 11.8. The van der Waals surface area contributed by atoms with Crippen LogP contribution in [0, 0.1) is 5.92 Å². The zero-order valence-corrected chi connectivity index (χ0v) is 11.8. The van der Waals surface area contributed by atoms with Gasteiger partial charge in [0.05, 0.1) is 15.5 Å². The monoisotopic (exact) mass is 282 g/mol. The van der Waals surface area contributed by atoms with Gasteiger partial charge < -0.3 is 15.7 Å². The van der Waals surface area contributed by atoms with E-state index in [0.717, 1.165) is 12.8 Å². The van der Waals surface area contributed by atoms with Crippen molar-refractivity contribution in [2.45, 2.75) is 32.3 Å². The van der Waals surface area contributed by atoms with Crippen molar-refractivity contribution >= 4 is 28.2 Å². The molecule has 0 radical (unpaired) electrons. The van der Waals surface area contributed by atoms with E-state index in [1.165, 1.54) is 11.3 Å². The van der Waals surface area contributed by atoms with Gasteiger partial charge in [0.2, 0.25) is 5.91 Å². The molecule has 1 heterocycles. The van der Waals surface area contributed by atoms with Crippen LogP contribution in [0.3, 0.4) is 0 Å². The van der Waals surface area contributed by atoms with Crippen LogP contribution in [0.25, 0.3) is 0 Å². The van der Waals surface area contributed by atoms with Gasteiger partial charge in [-0.15, -0.1) is 11.3 Å². The number of thiophene rings is 1. The first kappa shape index (κ1) is 14.0. The summed E-state index contributed by atoms with van der Waals surface area (Å²) in [7, 11) is 0. The highest BCUT2D eigenvalue weighted by atomic mass is 32.1. The largest absolute Gasteiger partial charge is 0.389 e. The van der Waals surface area contributed by atoms with Gasteiger partial charge in [-0.2, -0.15) is 0 Å². The molecule has 6 heteroatoms. The maximum atomic E-state index is 11.8. The first-order valence-electron chi connectivity index (χ1n) is 6.26. The lowest BCUT2D eigenvalue weighted by molar-refractivity contribution is -0.117. The first-order chi connectivity index (χ1) is 8.85. The predicted octanol–water partition coefficient (Wildman–Crippen LogP) is 1.60. The normalized spacial score (nSPS) is 15.1. The molecule has 1 aromatic rings. The molecule has 2 rings (SSSR count). The standard InChI is InChI=1S/C13H18N2O3S/c1-13(2,18)7-14-12(17)9-5-6-10(19-9)15-11(16)8-3-4-8/h5-6,8,18H,3-4,7H2,1-2H3,(H,14,17)(H,15,16). The van der Waals surface area contributed by atoms with Gasteiger partial charge in [0.1, 0.15) is 0 Å². The number of carbonyl (C=O) groups is 2. The highest BCUT2D eigenvalue weighted by molar-refractivity contribution is 7.18. The fourth-order valence-electron chi connectivity index (χ4n) is 1.48. The van der Waals surface area contributed by atoms with E-state index in [0.29, 0.717) is 9.88 Å². The van der Waals surface area contributed by atoms with Gasteiger partial charge in [-0.25, -0.2) is 0 Å². The molecule has 0 aromatic carbocycles. The molecule has 3 N–H and O–H groups in total. The molecule has 19 heavy (non-hydrogen) atoms. The Morgan fingerprint density at radius 3 is 2.68 bits per heavy atom. The van der Waals surface area contributed by atoms with Crippen LogP contribution in [0.1, 0.15) is 36.4 Å². The fourth-order valence-corrected chi connectivity index (χ4v) is 2.31. The molecule has 1 fully saturated rings. The topological polar surface area (TPSA) is 78.4 Å². The van der Waals surface area contributed by atoms with Crippen LogP contribution >= 0.6 is 11.3 Å². The molecule has 1 saturated carbocycles. The summed E-state index contributed by atoms with van der Waals surface area (Å²) in [5.41, 5.74) is -0.935. The Balaban J connectivity index is 1.88. The Morgan fingerprint density at radius 1 is 1.42 bits per heavy atom. The number of carbonyl (C=O) groups excluding carboxylic acids is 2. The number of amides is 2. The van der Waals surface area contributed by atoms with E-state index in [9.17, 15) is 14.7 Å². The predicted molar refractivity (Wildman–Crippen MR) is 74.3 cm³/mol. The maximum Gasteiger partial charge on any atom is 0.261 e. The molecule has 0 atom stereocenters. The highest BCUT2D eigenvalue weighted by Crippen LogP contribution is 2.31. The molecule has 0 bridgehead atoms. The minimum Gasteiger partial charge on any atom is -0.389 e. The molecule has 2 amide bonds. The van der Waals surface area contributed by atoms with Gasteiger partial charge >= 0.3 is 0 Å². The smallest absolute Gasteiger partial charge is 0.261 e. The lowest BCUT2D eigenvalue weighted by atomic mass is 10.1. The molecule has 1 aromatic heterocycles. The number of rotatable bonds is 5. The summed E-state index contributed by atoms with van der Waals surface area (Å²) in [4.78, 5) is 23.9. The number of hydrogen-bond acceptors (Lipinski definition) is 4. The molecule has 1 aliphatic carbocycles. The van der Waals surface area contributed by atoms with Gasteiger partial charge in [0.15, 0.2) is 0 Å². The minimum absolute atomic E-state index is 0.0327. The highest BCUT2D eigenvalue weighted by Gasteiger charge is 2.29. The molecule has 1 aliphatic rings. The van der Waals surface area contributed by atoms with Crippen molar-refractivity contribution < 1.29 is 14.7 Å². The van der Waals surface area contributed by atoms with E-state index < -0.39 is 5.60 Å². The van der Waals surface area contributed by atoms with Crippen molar-refractivity contribution in [3.05, 3.63) is 17.0 Å². The lowest BCUT2D eigenvalue weighted by Gasteiger charge is -2.17. The van der Waals surface area contributed by atoms with Crippen molar-refractivity contribution in [3.8, 4) is 0 Å². The van der Waals surface area contributed by atoms with E-state index in [1.54, 1.807) is 26.0 Å². The number of anilines is 1. The Kier molecular flexibility index (Phi) is 3.91. The van der Waals surface area contributed by atoms with Crippen LogP contribution in [0.5, 0.6) is 0 Å². The molecule has 0 spiro atoms. The van der Waals surface area contributed by atoms with Crippen molar-refractivity contribution in [2.24, 2.45) is 5.92 Å². The summed E-state index contributed by atoms with van der Waals surface area (Å²) in [6, 6.07) is 3.40. The number of hydrogen-bond donors (Lipinski definition) is 3. The van der Waals surface area contributed by atoms with Gasteiger partial charge in [0, 0.05) is 12.5 Å². The third kappa shape index (κ3) is 4.33. The van der Waals surface area contributed by atoms with Gasteiger partial charge in [-0.3, -0.25) is 9.59 Å². The van der Waals surface area contributed by atoms with Gasteiger partial charge in [-0.05, 0) is 38.8 Å². The van der Waals surface area contributed by atoms with Gasteiger partial charge in [0.25, 0.3) is 5.91 Å². The molecule has 104 valence electrons. The molecule has 5 nitrogen and oxygen atoms in total. The second-order valence-electron chi connectivity index (χ2n) is 5.42. The summed E-state index contributed by atoms with van der Waals surface area (Å²) in [5, 5.41) is 15.7. The minimum atomic E-state index is -0.935. The van der Waals surface area contributed by atoms with Crippen molar-refractivity contribution in [1.29, 1.82) is 0 Å². The van der Waals surface area contributed by atoms with E-state index in [1.807, 2.05) is 0 Å². The number of nitrogens with one attached hydrogen (secondary N) is 2. The van der Waals surface area contributed by atoms with Crippen LogP contribution < -0.4 is 10.6 Å². The van der Waals surface area contributed by atoms with Crippen LogP contribution in [0.4, 0.5) is 5.00 Å². The van der Waals surface area contributed by atoms with E-state index >= 15 is 0 Å². The Hall–Kier alpha value is -1.40.